The van der Waals surface area contributed by atoms with Gasteiger partial charge in [0.1, 0.15) is 5.75 Å². The van der Waals surface area contributed by atoms with E-state index in [1.165, 1.54) is 0 Å². The van der Waals surface area contributed by atoms with Crippen LogP contribution in [0.4, 0.5) is 4.79 Å². The summed E-state index contributed by atoms with van der Waals surface area (Å²) in [6.07, 6.45) is -0.818. The Labute approximate surface area is 76.5 Å². The Kier molecular flexibility index (Phi) is 2.93. The van der Waals surface area contributed by atoms with Gasteiger partial charge in [0.25, 0.3) is 0 Å². The third kappa shape index (κ3) is 2.88. The first-order valence-corrected chi connectivity index (χ1v) is 3.72. The molecule has 0 aliphatic rings. The summed E-state index contributed by atoms with van der Waals surface area (Å²) >= 11 is 0. The zero-order valence-corrected chi connectivity index (χ0v) is 7.20. The molecule has 0 aliphatic heterocycles. The molecule has 3 nitrogen and oxygen atoms in total. The maximum atomic E-state index is 10.4. The van der Waals surface area contributed by atoms with Crippen molar-refractivity contribution in [2.45, 2.75) is 6.92 Å². The second-order valence-corrected chi connectivity index (χ2v) is 2.32. The third-order valence-corrected chi connectivity index (χ3v) is 1.32. The van der Waals surface area contributed by atoms with Crippen LogP contribution in [0, 0.1) is 11.8 Å². The molecule has 0 unspecified atom stereocenters. The number of primary amides is 1. The average molecular weight is 175 g/mol. The highest BCUT2D eigenvalue weighted by Gasteiger charge is 1.97. The molecule has 1 aromatic carbocycles. The number of nitrogens with two attached hydrogens (primary N) is 1. The Bertz CT molecular complexity index is 374. The van der Waals surface area contributed by atoms with Gasteiger partial charge in [-0.05, 0) is 25.1 Å². The van der Waals surface area contributed by atoms with Crippen molar-refractivity contribution in [2.75, 3.05) is 0 Å². The summed E-state index contributed by atoms with van der Waals surface area (Å²) in [5, 5.41) is 0. The van der Waals surface area contributed by atoms with Gasteiger partial charge in [-0.2, -0.15) is 0 Å². The number of amides is 1. The molecule has 0 heterocycles. The van der Waals surface area contributed by atoms with Gasteiger partial charge in [0.2, 0.25) is 0 Å². The van der Waals surface area contributed by atoms with Gasteiger partial charge in [0, 0.05) is 5.56 Å². The van der Waals surface area contributed by atoms with Crippen molar-refractivity contribution in [3.8, 4) is 17.6 Å². The van der Waals surface area contributed by atoms with Crippen LogP contribution >= 0.6 is 0 Å². The van der Waals surface area contributed by atoms with Crippen molar-refractivity contribution in [2.24, 2.45) is 5.73 Å². The van der Waals surface area contributed by atoms with Crippen LogP contribution in [0.1, 0.15) is 12.5 Å². The van der Waals surface area contributed by atoms with Crippen LogP contribution in [0.2, 0.25) is 0 Å². The second kappa shape index (κ2) is 4.17. The van der Waals surface area contributed by atoms with E-state index in [-0.39, 0.29) is 0 Å². The molecule has 3 heteroatoms. The zero-order valence-electron chi connectivity index (χ0n) is 7.20. The molecule has 1 amide bonds. The van der Waals surface area contributed by atoms with Crippen molar-refractivity contribution < 1.29 is 9.53 Å². The van der Waals surface area contributed by atoms with E-state index in [9.17, 15) is 4.79 Å². The number of carbonyl (C=O) groups is 1. The Morgan fingerprint density at radius 1 is 1.54 bits per heavy atom. The van der Waals surface area contributed by atoms with Crippen molar-refractivity contribution in [1.82, 2.24) is 0 Å². The summed E-state index contributed by atoms with van der Waals surface area (Å²) in [4.78, 5) is 10.4. The van der Waals surface area contributed by atoms with Crippen LogP contribution in [0.3, 0.4) is 0 Å². The second-order valence-electron chi connectivity index (χ2n) is 2.32. The monoisotopic (exact) mass is 175 g/mol. The summed E-state index contributed by atoms with van der Waals surface area (Å²) in [6, 6.07) is 6.87. The number of hydrogen-bond acceptors (Lipinski definition) is 2. The van der Waals surface area contributed by atoms with E-state index in [1.54, 1.807) is 25.1 Å². The summed E-state index contributed by atoms with van der Waals surface area (Å²) in [5.74, 6) is 5.99. The highest BCUT2D eigenvalue weighted by molar-refractivity contribution is 5.68. The lowest BCUT2D eigenvalue weighted by atomic mass is 10.2. The zero-order chi connectivity index (χ0) is 9.68. The molecule has 0 saturated heterocycles. The molecule has 0 fully saturated rings. The molecule has 0 saturated carbocycles. The van der Waals surface area contributed by atoms with Crippen molar-refractivity contribution in [3.05, 3.63) is 29.8 Å². The standard InChI is InChI=1S/C10H9NO2/c1-2-4-8-5-3-6-9(7-8)13-10(11)12/h3,5-7H,1H3,(H2,11,12). The number of ether oxygens (including phenoxy) is 1. The van der Waals surface area contributed by atoms with E-state index >= 15 is 0 Å². The van der Waals surface area contributed by atoms with Crippen molar-refractivity contribution >= 4 is 6.09 Å². The SMILES string of the molecule is CC#Cc1cccc(OC(N)=O)c1. The fourth-order valence-electron chi connectivity index (χ4n) is 0.898. The Balaban J connectivity index is 2.89. The number of benzene rings is 1. The van der Waals surface area contributed by atoms with Gasteiger partial charge >= 0.3 is 6.09 Å². The van der Waals surface area contributed by atoms with Crippen LogP contribution in [0.15, 0.2) is 24.3 Å². The Morgan fingerprint density at radius 2 is 2.31 bits per heavy atom. The molecule has 2 N–H and O–H groups in total. The van der Waals surface area contributed by atoms with E-state index in [0.29, 0.717) is 5.75 Å². The normalized spacial score (nSPS) is 8.38. The van der Waals surface area contributed by atoms with E-state index < -0.39 is 6.09 Å². The summed E-state index contributed by atoms with van der Waals surface area (Å²) in [6.45, 7) is 1.74. The van der Waals surface area contributed by atoms with E-state index in [1.807, 2.05) is 6.07 Å². The fourth-order valence-corrected chi connectivity index (χ4v) is 0.898. The fraction of sp³-hybridized carbons (Fsp3) is 0.100. The quantitative estimate of drug-likeness (QED) is 0.658. The van der Waals surface area contributed by atoms with E-state index in [4.69, 9.17) is 5.73 Å². The van der Waals surface area contributed by atoms with Gasteiger partial charge in [-0.25, -0.2) is 4.79 Å². The molecule has 0 bridgehead atoms. The summed E-state index contributed by atoms with van der Waals surface area (Å²) < 4.78 is 4.67. The van der Waals surface area contributed by atoms with Gasteiger partial charge in [-0.15, -0.1) is 5.92 Å². The van der Waals surface area contributed by atoms with Gasteiger partial charge in [0.05, 0.1) is 0 Å². The number of carbonyl (C=O) groups excluding carboxylic acids is 1. The molecule has 0 aromatic heterocycles. The number of hydrogen-bond donors (Lipinski definition) is 1. The van der Waals surface area contributed by atoms with E-state index in [2.05, 4.69) is 16.6 Å². The maximum absolute atomic E-state index is 10.4. The summed E-state index contributed by atoms with van der Waals surface area (Å²) in [7, 11) is 0. The lowest BCUT2D eigenvalue weighted by Crippen LogP contribution is -2.16. The smallest absolute Gasteiger partial charge is 0.409 e. The molecule has 13 heavy (non-hydrogen) atoms. The molecule has 1 aromatic rings. The van der Waals surface area contributed by atoms with Crippen LogP contribution in [-0.2, 0) is 0 Å². The predicted octanol–water partition coefficient (Wildman–Crippen LogP) is 1.52. The van der Waals surface area contributed by atoms with Gasteiger partial charge in [-0.1, -0.05) is 12.0 Å². The molecule has 66 valence electrons. The van der Waals surface area contributed by atoms with Gasteiger partial charge in [0.15, 0.2) is 0 Å². The Hall–Kier alpha value is -1.95. The maximum Gasteiger partial charge on any atom is 0.409 e. The van der Waals surface area contributed by atoms with E-state index in [0.717, 1.165) is 5.56 Å². The highest BCUT2D eigenvalue weighted by atomic mass is 16.5. The van der Waals surface area contributed by atoms with Gasteiger partial charge < -0.3 is 10.5 Å². The lowest BCUT2D eigenvalue weighted by molar-refractivity contribution is 0.211. The lowest BCUT2D eigenvalue weighted by Gasteiger charge is -1.99. The molecular formula is C10H9NO2. The van der Waals surface area contributed by atoms with Crippen molar-refractivity contribution in [1.29, 1.82) is 0 Å². The van der Waals surface area contributed by atoms with Crippen LogP contribution in [-0.4, -0.2) is 6.09 Å². The predicted molar refractivity (Wildman–Crippen MR) is 49.2 cm³/mol. The number of rotatable bonds is 1. The Morgan fingerprint density at radius 3 is 2.92 bits per heavy atom. The topological polar surface area (TPSA) is 52.3 Å². The molecular weight excluding hydrogens is 166 g/mol. The minimum atomic E-state index is -0.818. The highest BCUT2D eigenvalue weighted by Crippen LogP contribution is 2.12. The largest absolute Gasteiger partial charge is 0.410 e. The van der Waals surface area contributed by atoms with Crippen LogP contribution in [0.5, 0.6) is 5.75 Å². The minimum absolute atomic E-state index is 0.410. The molecule has 1 rings (SSSR count). The molecule has 0 radical (unpaired) electrons. The molecule has 0 atom stereocenters. The first-order chi connectivity index (χ1) is 6.22. The average Bonchev–Trinajstić information content (AvgIpc) is 2.04. The summed E-state index contributed by atoms with van der Waals surface area (Å²) in [5.41, 5.74) is 5.64. The van der Waals surface area contributed by atoms with Crippen LogP contribution in [0.25, 0.3) is 0 Å². The minimum Gasteiger partial charge on any atom is -0.410 e. The molecule has 0 aliphatic carbocycles. The third-order valence-electron chi connectivity index (χ3n) is 1.32. The van der Waals surface area contributed by atoms with Crippen LogP contribution < -0.4 is 10.5 Å². The van der Waals surface area contributed by atoms with Gasteiger partial charge in [-0.3, -0.25) is 0 Å². The first-order valence-electron chi connectivity index (χ1n) is 3.72. The van der Waals surface area contributed by atoms with Crippen molar-refractivity contribution in [3.63, 3.8) is 0 Å². The molecule has 0 spiro atoms. The first kappa shape index (κ1) is 9.14.